The Morgan fingerprint density at radius 2 is 1.95 bits per heavy atom. The number of carbonyl (C=O) groups excluding carboxylic acids is 1. The Morgan fingerprint density at radius 3 is 2.67 bits per heavy atom. The second-order valence-electron chi connectivity index (χ2n) is 6.50. The van der Waals surface area contributed by atoms with Gasteiger partial charge in [-0.05, 0) is 50.5 Å². The third-order valence-corrected chi connectivity index (χ3v) is 5.14. The number of benzene rings is 1. The fourth-order valence-corrected chi connectivity index (χ4v) is 4.10. The van der Waals surface area contributed by atoms with Crippen LogP contribution in [0.5, 0.6) is 0 Å². The summed E-state index contributed by atoms with van der Waals surface area (Å²) in [5, 5.41) is 3.64. The molecule has 1 N–H and O–H groups in total. The number of nitrogens with one attached hydrogen (secondary N) is 1. The Labute approximate surface area is 127 Å². The van der Waals surface area contributed by atoms with Crippen LogP contribution in [-0.4, -0.2) is 18.6 Å². The second kappa shape index (κ2) is 6.18. The normalized spacial score (nSPS) is 30.6. The van der Waals surface area contributed by atoms with Gasteiger partial charge in [0.25, 0.3) is 0 Å². The summed E-state index contributed by atoms with van der Waals surface area (Å²) in [4.78, 5) is 12.2. The zero-order valence-corrected chi connectivity index (χ0v) is 13.0. The molecule has 2 aliphatic carbocycles. The molecule has 2 bridgehead atoms. The fourth-order valence-electron chi connectivity index (χ4n) is 4.10. The third kappa shape index (κ3) is 2.98. The van der Waals surface area contributed by atoms with Gasteiger partial charge in [-0.2, -0.15) is 0 Å². The molecule has 0 spiro atoms. The zero-order chi connectivity index (χ0) is 14.8. The van der Waals surface area contributed by atoms with Crippen LogP contribution in [0.3, 0.4) is 0 Å². The SMILES string of the molecule is CCOC(=O)C1C(NCc2ccc(C)cc2)[C@@H]2CC[C@H]1C2. The van der Waals surface area contributed by atoms with Gasteiger partial charge in [-0.3, -0.25) is 4.79 Å². The molecule has 2 unspecified atom stereocenters. The van der Waals surface area contributed by atoms with E-state index in [1.54, 1.807) is 0 Å². The minimum atomic E-state index is 0.00565. The van der Waals surface area contributed by atoms with Gasteiger partial charge < -0.3 is 10.1 Å². The van der Waals surface area contributed by atoms with Crippen molar-refractivity contribution in [2.24, 2.45) is 17.8 Å². The van der Waals surface area contributed by atoms with Crippen molar-refractivity contribution in [3.05, 3.63) is 35.4 Å². The molecule has 2 aliphatic rings. The predicted molar refractivity (Wildman–Crippen MR) is 82.8 cm³/mol. The van der Waals surface area contributed by atoms with Crippen LogP contribution in [-0.2, 0) is 16.1 Å². The van der Waals surface area contributed by atoms with Gasteiger partial charge in [0, 0.05) is 12.6 Å². The van der Waals surface area contributed by atoms with Gasteiger partial charge in [0.2, 0.25) is 0 Å². The van der Waals surface area contributed by atoms with Crippen LogP contribution in [0.25, 0.3) is 0 Å². The molecule has 0 heterocycles. The van der Waals surface area contributed by atoms with Crippen LogP contribution in [0.4, 0.5) is 0 Å². The summed E-state index contributed by atoms with van der Waals surface area (Å²) < 4.78 is 5.30. The minimum absolute atomic E-state index is 0.00565. The van der Waals surface area contributed by atoms with Crippen molar-refractivity contribution >= 4 is 5.97 Å². The fraction of sp³-hybridized carbons (Fsp3) is 0.611. The van der Waals surface area contributed by atoms with Gasteiger partial charge in [0.05, 0.1) is 12.5 Å². The molecular weight excluding hydrogens is 262 g/mol. The molecule has 0 radical (unpaired) electrons. The summed E-state index contributed by atoms with van der Waals surface area (Å²) >= 11 is 0. The number of esters is 1. The average Bonchev–Trinajstić information content (AvgIpc) is 3.07. The number of ether oxygens (including phenoxy) is 1. The lowest BCUT2D eigenvalue weighted by Gasteiger charge is -2.30. The van der Waals surface area contributed by atoms with Crippen LogP contribution >= 0.6 is 0 Å². The number of carbonyl (C=O) groups is 1. The summed E-state index contributed by atoms with van der Waals surface area (Å²) in [6.07, 6.45) is 3.64. The van der Waals surface area contributed by atoms with Crippen LogP contribution in [0.2, 0.25) is 0 Å². The number of rotatable bonds is 5. The minimum Gasteiger partial charge on any atom is -0.466 e. The lowest BCUT2D eigenvalue weighted by atomic mass is 9.84. The van der Waals surface area contributed by atoms with Gasteiger partial charge in [-0.25, -0.2) is 0 Å². The van der Waals surface area contributed by atoms with Crippen molar-refractivity contribution in [1.82, 2.24) is 5.32 Å². The third-order valence-electron chi connectivity index (χ3n) is 5.14. The first-order chi connectivity index (χ1) is 10.2. The first-order valence-corrected chi connectivity index (χ1v) is 8.14. The van der Waals surface area contributed by atoms with Crippen molar-refractivity contribution in [3.8, 4) is 0 Å². The molecule has 21 heavy (non-hydrogen) atoms. The van der Waals surface area contributed by atoms with Gasteiger partial charge in [0.15, 0.2) is 0 Å². The Morgan fingerprint density at radius 1 is 1.24 bits per heavy atom. The predicted octanol–water partition coefficient (Wildman–Crippen LogP) is 3.06. The lowest BCUT2D eigenvalue weighted by molar-refractivity contribution is -0.150. The number of fused-ring (bicyclic) bond motifs is 2. The van der Waals surface area contributed by atoms with Gasteiger partial charge in [-0.15, -0.1) is 0 Å². The van der Waals surface area contributed by atoms with Gasteiger partial charge >= 0.3 is 5.97 Å². The maximum Gasteiger partial charge on any atom is 0.310 e. The molecule has 3 nitrogen and oxygen atoms in total. The quantitative estimate of drug-likeness (QED) is 0.846. The van der Waals surface area contributed by atoms with Crippen LogP contribution in [0.15, 0.2) is 24.3 Å². The first-order valence-electron chi connectivity index (χ1n) is 8.14. The molecule has 2 fully saturated rings. The van der Waals surface area contributed by atoms with Crippen LogP contribution < -0.4 is 5.32 Å². The molecule has 2 saturated carbocycles. The van der Waals surface area contributed by atoms with Crippen LogP contribution in [0.1, 0.15) is 37.3 Å². The van der Waals surface area contributed by atoms with E-state index in [-0.39, 0.29) is 11.9 Å². The monoisotopic (exact) mass is 287 g/mol. The molecule has 3 heteroatoms. The Kier molecular flexibility index (Phi) is 4.29. The highest BCUT2D eigenvalue weighted by atomic mass is 16.5. The van der Waals surface area contributed by atoms with Crippen LogP contribution in [0, 0.1) is 24.7 Å². The van der Waals surface area contributed by atoms with E-state index in [2.05, 4.69) is 36.5 Å². The van der Waals surface area contributed by atoms with Crippen molar-refractivity contribution < 1.29 is 9.53 Å². The van der Waals surface area contributed by atoms with Gasteiger partial charge in [0.1, 0.15) is 0 Å². The molecule has 1 aromatic rings. The summed E-state index contributed by atoms with van der Waals surface area (Å²) in [6.45, 7) is 5.31. The van der Waals surface area contributed by atoms with Gasteiger partial charge in [-0.1, -0.05) is 29.8 Å². The van der Waals surface area contributed by atoms with E-state index in [0.29, 0.717) is 24.5 Å². The van der Waals surface area contributed by atoms with E-state index in [0.717, 1.165) is 6.54 Å². The maximum absolute atomic E-state index is 12.2. The number of aryl methyl sites for hydroxylation is 1. The average molecular weight is 287 g/mol. The molecule has 3 rings (SSSR count). The summed E-state index contributed by atoms with van der Waals surface area (Å²) in [7, 11) is 0. The highest BCUT2D eigenvalue weighted by Crippen LogP contribution is 2.49. The van der Waals surface area contributed by atoms with E-state index < -0.39 is 0 Å². The van der Waals surface area contributed by atoms with E-state index in [1.807, 2.05) is 6.92 Å². The van der Waals surface area contributed by atoms with E-state index >= 15 is 0 Å². The molecule has 114 valence electrons. The lowest BCUT2D eigenvalue weighted by Crippen LogP contribution is -2.44. The standard InChI is InChI=1S/C18H25NO2/c1-3-21-18(20)16-14-8-9-15(10-14)17(16)19-11-13-6-4-12(2)5-7-13/h4-7,14-17,19H,3,8-11H2,1-2H3/t14-,15+,16?,17?/m0/s1. The van der Waals surface area contributed by atoms with E-state index in [9.17, 15) is 4.79 Å². The van der Waals surface area contributed by atoms with Crippen molar-refractivity contribution in [1.29, 1.82) is 0 Å². The zero-order valence-electron chi connectivity index (χ0n) is 13.0. The summed E-state index contributed by atoms with van der Waals surface area (Å²) in [5.41, 5.74) is 2.56. The summed E-state index contributed by atoms with van der Waals surface area (Å²) in [5.74, 6) is 1.25. The molecule has 4 atom stereocenters. The van der Waals surface area contributed by atoms with E-state index in [4.69, 9.17) is 4.74 Å². The van der Waals surface area contributed by atoms with E-state index in [1.165, 1.54) is 30.4 Å². The molecule has 0 amide bonds. The molecule has 0 saturated heterocycles. The first kappa shape index (κ1) is 14.6. The Bertz CT molecular complexity index is 496. The Balaban J connectivity index is 1.65. The smallest absolute Gasteiger partial charge is 0.310 e. The molecular formula is C18H25NO2. The largest absolute Gasteiger partial charge is 0.466 e. The maximum atomic E-state index is 12.2. The Hall–Kier alpha value is -1.35. The highest BCUT2D eigenvalue weighted by Gasteiger charge is 2.51. The van der Waals surface area contributed by atoms with Crippen molar-refractivity contribution in [2.45, 2.75) is 45.7 Å². The summed E-state index contributed by atoms with van der Waals surface area (Å²) in [6, 6.07) is 8.90. The van der Waals surface area contributed by atoms with Crippen molar-refractivity contribution in [3.63, 3.8) is 0 Å². The number of hydrogen-bond donors (Lipinski definition) is 1. The number of hydrogen-bond acceptors (Lipinski definition) is 3. The topological polar surface area (TPSA) is 38.3 Å². The van der Waals surface area contributed by atoms with Crippen molar-refractivity contribution in [2.75, 3.05) is 6.61 Å². The molecule has 0 aliphatic heterocycles. The second-order valence-corrected chi connectivity index (χ2v) is 6.50. The molecule has 1 aromatic carbocycles. The molecule has 0 aromatic heterocycles. The highest BCUT2D eigenvalue weighted by molar-refractivity contribution is 5.74.